The van der Waals surface area contributed by atoms with Crippen LogP contribution in [0.3, 0.4) is 0 Å². The van der Waals surface area contributed by atoms with Crippen molar-refractivity contribution < 1.29 is 0 Å². The van der Waals surface area contributed by atoms with Gasteiger partial charge in [0.05, 0.1) is 0 Å². The Morgan fingerprint density at radius 3 is 3.00 bits per heavy atom. The first-order valence-electron chi connectivity index (χ1n) is 3.24. The maximum Gasteiger partial charge on any atom is 0.117 e. The Bertz CT molecular complexity index is 393. The Morgan fingerprint density at radius 1 is 1.36 bits per heavy atom. The van der Waals surface area contributed by atoms with E-state index in [0.29, 0.717) is 0 Å². The van der Waals surface area contributed by atoms with E-state index in [4.69, 9.17) is 11.6 Å². The summed E-state index contributed by atoms with van der Waals surface area (Å²) in [4.78, 5) is 0. The van der Waals surface area contributed by atoms with E-state index in [9.17, 15) is 0 Å². The SMILES string of the molecule is Cc1c(Cl)ccc2n[nH]nc12. The molecule has 0 aliphatic rings. The summed E-state index contributed by atoms with van der Waals surface area (Å²) in [5.74, 6) is 0. The molecule has 1 aromatic heterocycles. The quantitative estimate of drug-likeness (QED) is 0.652. The summed E-state index contributed by atoms with van der Waals surface area (Å²) in [5.41, 5.74) is 2.67. The van der Waals surface area contributed by atoms with Crippen molar-refractivity contribution in [3.8, 4) is 0 Å². The molecule has 4 heteroatoms. The summed E-state index contributed by atoms with van der Waals surface area (Å²) in [6.07, 6.45) is 0. The van der Waals surface area contributed by atoms with Gasteiger partial charge < -0.3 is 0 Å². The molecule has 0 atom stereocenters. The summed E-state index contributed by atoms with van der Waals surface area (Å²) in [5, 5.41) is 11.2. The molecule has 0 fully saturated rings. The van der Waals surface area contributed by atoms with Crippen LogP contribution in [-0.4, -0.2) is 15.4 Å². The van der Waals surface area contributed by atoms with Crippen molar-refractivity contribution >= 4 is 22.6 Å². The van der Waals surface area contributed by atoms with Crippen LogP contribution in [0.15, 0.2) is 12.1 Å². The summed E-state index contributed by atoms with van der Waals surface area (Å²) < 4.78 is 0. The highest BCUT2D eigenvalue weighted by atomic mass is 35.5. The molecule has 0 unspecified atom stereocenters. The number of nitrogens with zero attached hydrogens (tertiary/aromatic N) is 2. The van der Waals surface area contributed by atoms with Gasteiger partial charge in [-0.3, -0.25) is 0 Å². The Kier molecular flexibility index (Phi) is 1.32. The zero-order valence-corrected chi connectivity index (χ0v) is 6.68. The maximum absolute atomic E-state index is 5.86. The van der Waals surface area contributed by atoms with Crippen LogP contribution in [0.25, 0.3) is 11.0 Å². The van der Waals surface area contributed by atoms with Gasteiger partial charge in [-0.1, -0.05) is 11.6 Å². The van der Waals surface area contributed by atoms with Gasteiger partial charge >= 0.3 is 0 Å². The van der Waals surface area contributed by atoms with E-state index in [1.54, 1.807) is 0 Å². The van der Waals surface area contributed by atoms with Crippen molar-refractivity contribution in [3.05, 3.63) is 22.7 Å². The molecule has 2 aromatic rings. The highest BCUT2D eigenvalue weighted by molar-refractivity contribution is 6.32. The van der Waals surface area contributed by atoms with Gasteiger partial charge in [0, 0.05) is 5.02 Å². The van der Waals surface area contributed by atoms with Crippen LogP contribution in [-0.2, 0) is 0 Å². The summed E-state index contributed by atoms with van der Waals surface area (Å²) in [6.45, 7) is 1.92. The minimum Gasteiger partial charge on any atom is -0.197 e. The van der Waals surface area contributed by atoms with E-state index < -0.39 is 0 Å². The lowest BCUT2D eigenvalue weighted by molar-refractivity contribution is 0.958. The fourth-order valence-corrected chi connectivity index (χ4v) is 1.17. The number of benzene rings is 1. The molecule has 1 aromatic carbocycles. The molecule has 0 saturated heterocycles. The normalized spacial score (nSPS) is 10.7. The molecule has 0 amide bonds. The Balaban J connectivity index is 2.93. The van der Waals surface area contributed by atoms with Crippen LogP contribution >= 0.6 is 11.6 Å². The zero-order chi connectivity index (χ0) is 7.84. The molecule has 1 N–H and O–H groups in total. The molecule has 0 aliphatic heterocycles. The number of aromatic nitrogens is 3. The second-order valence-electron chi connectivity index (χ2n) is 2.36. The average molecular weight is 168 g/mol. The number of H-pyrrole nitrogens is 1. The largest absolute Gasteiger partial charge is 0.197 e. The van der Waals surface area contributed by atoms with Crippen LogP contribution in [0, 0.1) is 6.92 Å². The molecule has 0 radical (unpaired) electrons. The van der Waals surface area contributed by atoms with Crippen molar-refractivity contribution in [2.75, 3.05) is 0 Å². The van der Waals surface area contributed by atoms with Crippen molar-refractivity contribution in [1.82, 2.24) is 15.4 Å². The Morgan fingerprint density at radius 2 is 2.18 bits per heavy atom. The predicted octanol–water partition coefficient (Wildman–Crippen LogP) is 1.92. The summed E-state index contributed by atoms with van der Waals surface area (Å²) >= 11 is 5.86. The molecule has 11 heavy (non-hydrogen) atoms. The fourth-order valence-electron chi connectivity index (χ4n) is 1.02. The standard InChI is InChI=1S/C7H6ClN3/c1-4-5(8)2-3-6-7(4)10-11-9-6/h2-3H,1H3,(H,9,10,11). The molecule has 2 rings (SSSR count). The van der Waals surface area contributed by atoms with Gasteiger partial charge in [0.1, 0.15) is 11.0 Å². The lowest BCUT2D eigenvalue weighted by atomic mass is 10.2. The first-order valence-corrected chi connectivity index (χ1v) is 3.62. The van der Waals surface area contributed by atoms with Gasteiger partial charge in [0.15, 0.2) is 0 Å². The van der Waals surface area contributed by atoms with Gasteiger partial charge in [-0.05, 0) is 24.6 Å². The fraction of sp³-hybridized carbons (Fsp3) is 0.143. The predicted molar refractivity (Wildman–Crippen MR) is 43.6 cm³/mol. The molecule has 0 bridgehead atoms. The number of aryl methyl sites for hydroxylation is 1. The van der Waals surface area contributed by atoms with Crippen molar-refractivity contribution in [3.63, 3.8) is 0 Å². The minimum atomic E-state index is 0.728. The highest BCUT2D eigenvalue weighted by Gasteiger charge is 2.03. The average Bonchev–Trinajstić information content (AvgIpc) is 2.45. The number of nitrogens with one attached hydrogen (secondary N) is 1. The number of fused-ring (bicyclic) bond motifs is 1. The summed E-state index contributed by atoms with van der Waals surface area (Å²) in [6, 6.07) is 3.66. The van der Waals surface area contributed by atoms with Gasteiger partial charge in [0.25, 0.3) is 0 Å². The molecule has 0 aliphatic carbocycles. The van der Waals surface area contributed by atoms with Gasteiger partial charge in [-0.25, -0.2) is 0 Å². The van der Waals surface area contributed by atoms with E-state index in [2.05, 4.69) is 15.4 Å². The Labute approximate surface area is 68.4 Å². The van der Waals surface area contributed by atoms with Crippen LogP contribution in [0.5, 0.6) is 0 Å². The first-order chi connectivity index (χ1) is 5.29. The zero-order valence-electron chi connectivity index (χ0n) is 5.93. The summed E-state index contributed by atoms with van der Waals surface area (Å²) in [7, 11) is 0. The molecule has 56 valence electrons. The number of halogens is 1. The van der Waals surface area contributed by atoms with Gasteiger partial charge in [-0.15, -0.1) is 0 Å². The minimum absolute atomic E-state index is 0.728. The third kappa shape index (κ3) is 0.886. The monoisotopic (exact) mass is 167 g/mol. The highest BCUT2D eigenvalue weighted by Crippen LogP contribution is 2.21. The second kappa shape index (κ2) is 2.20. The van der Waals surface area contributed by atoms with E-state index in [-0.39, 0.29) is 0 Å². The van der Waals surface area contributed by atoms with E-state index in [1.165, 1.54) is 0 Å². The topological polar surface area (TPSA) is 41.6 Å². The number of hydrogen-bond acceptors (Lipinski definition) is 2. The molecular weight excluding hydrogens is 162 g/mol. The first kappa shape index (κ1) is 6.61. The van der Waals surface area contributed by atoms with Crippen molar-refractivity contribution in [2.45, 2.75) is 6.92 Å². The smallest absolute Gasteiger partial charge is 0.117 e. The van der Waals surface area contributed by atoms with E-state index >= 15 is 0 Å². The second-order valence-corrected chi connectivity index (χ2v) is 2.77. The third-order valence-corrected chi connectivity index (χ3v) is 2.09. The van der Waals surface area contributed by atoms with Crippen LogP contribution < -0.4 is 0 Å². The molecule has 3 nitrogen and oxygen atoms in total. The number of aromatic amines is 1. The van der Waals surface area contributed by atoms with Crippen LogP contribution in [0.1, 0.15) is 5.56 Å². The van der Waals surface area contributed by atoms with Crippen LogP contribution in [0.4, 0.5) is 0 Å². The van der Waals surface area contributed by atoms with E-state index in [1.807, 2.05) is 19.1 Å². The lowest BCUT2D eigenvalue weighted by Gasteiger charge is -1.94. The lowest BCUT2D eigenvalue weighted by Crippen LogP contribution is -1.77. The number of hydrogen-bond donors (Lipinski definition) is 1. The number of rotatable bonds is 0. The molecule has 0 saturated carbocycles. The van der Waals surface area contributed by atoms with Gasteiger partial charge in [0.2, 0.25) is 0 Å². The van der Waals surface area contributed by atoms with E-state index in [0.717, 1.165) is 21.6 Å². The molecule has 0 spiro atoms. The maximum atomic E-state index is 5.86. The Hall–Kier alpha value is -1.09. The third-order valence-electron chi connectivity index (χ3n) is 1.68. The molecule has 1 heterocycles. The van der Waals surface area contributed by atoms with Crippen LogP contribution in [0.2, 0.25) is 5.02 Å². The van der Waals surface area contributed by atoms with Crippen molar-refractivity contribution in [2.24, 2.45) is 0 Å². The van der Waals surface area contributed by atoms with Gasteiger partial charge in [-0.2, -0.15) is 15.4 Å². The molecular formula is C7H6ClN3. The van der Waals surface area contributed by atoms with Crippen molar-refractivity contribution in [1.29, 1.82) is 0 Å².